The Bertz CT molecular complexity index is 1050. The summed E-state index contributed by atoms with van der Waals surface area (Å²) in [4.78, 5) is 35.4. The monoisotopic (exact) mass is 411 g/mol. The SMILES string of the molecule is Cc1ccccc1CSc1ccc(C(=O)NNC(=O)c2ccco2)cc1[N+](=O)[O-]. The summed E-state index contributed by atoms with van der Waals surface area (Å²) in [5.74, 6) is -0.718. The third-order valence-corrected chi connectivity index (χ3v) is 5.21. The number of hydrazine groups is 1. The second-order valence-electron chi connectivity index (χ2n) is 6.04. The van der Waals surface area contributed by atoms with Crippen LogP contribution in [0.15, 0.2) is 70.2 Å². The van der Waals surface area contributed by atoms with Crippen LogP contribution < -0.4 is 10.9 Å². The number of thioether (sulfide) groups is 1. The lowest BCUT2D eigenvalue weighted by atomic mass is 10.1. The molecule has 148 valence electrons. The highest BCUT2D eigenvalue weighted by molar-refractivity contribution is 7.98. The van der Waals surface area contributed by atoms with Crippen molar-refractivity contribution in [3.05, 3.63) is 93.4 Å². The van der Waals surface area contributed by atoms with Crippen LogP contribution in [0.2, 0.25) is 0 Å². The number of carbonyl (C=O) groups is 2. The first-order chi connectivity index (χ1) is 14.0. The predicted octanol–water partition coefficient (Wildman–Crippen LogP) is 3.86. The molecule has 0 aliphatic heterocycles. The molecular formula is C20H17N3O5S. The van der Waals surface area contributed by atoms with Crippen LogP contribution in [0, 0.1) is 17.0 Å². The molecule has 29 heavy (non-hydrogen) atoms. The van der Waals surface area contributed by atoms with Crippen LogP contribution in [0.1, 0.15) is 32.0 Å². The average Bonchev–Trinajstić information content (AvgIpc) is 3.26. The maximum absolute atomic E-state index is 12.2. The van der Waals surface area contributed by atoms with E-state index in [0.29, 0.717) is 10.6 Å². The number of benzene rings is 2. The largest absolute Gasteiger partial charge is 0.459 e. The van der Waals surface area contributed by atoms with Crippen molar-refractivity contribution in [2.75, 3.05) is 0 Å². The van der Waals surface area contributed by atoms with Gasteiger partial charge in [0.05, 0.1) is 16.1 Å². The summed E-state index contributed by atoms with van der Waals surface area (Å²) in [6.45, 7) is 1.98. The summed E-state index contributed by atoms with van der Waals surface area (Å²) < 4.78 is 4.92. The van der Waals surface area contributed by atoms with E-state index in [9.17, 15) is 19.7 Å². The molecule has 8 nitrogen and oxygen atoms in total. The molecule has 0 spiro atoms. The smallest absolute Gasteiger partial charge is 0.305 e. The fourth-order valence-corrected chi connectivity index (χ4v) is 3.59. The summed E-state index contributed by atoms with van der Waals surface area (Å²) in [7, 11) is 0. The minimum Gasteiger partial charge on any atom is -0.459 e. The van der Waals surface area contributed by atoms with Crippen molar-refractivity contribution in [2.24, 2.45) is 0 Å². The Morgan fingerprint density at radius 3 is 2.52 bits per heavy atom. The zero-order valence-electron chi connectivity index (χ0n) is 15.4. The van der Waals surface area contributed by atoms with Crippen molar-refractivity contribution in [1.82, 2.24) is 10.9 Å². The molecule has 0 aliphatic rings. The lowest BCUT2D eigenvalue weighted by Crippen LogP contribution is -2.41. The Kier molecular flexibility index (Phi) is 6.30. The predicted molar refractivity (Wildman–Crippen MR) is 107 cm³/mol. The third kappa shape index (κ3) is 5.02. The molecule has 0 unspecified atom stereocenters. The van der Waals surface area contributed by atoms with Crippen LogP contribution in [0.4, 0.5) is 5.69 Å². The molecule has 0 atom stereocenters. The van der Waals surface area contributed by atoms with Crippen molar-refractivity contribution in [3.63, 3.8) is 0 Å². The van der Waals surface area contributed by atoms with E-state index in [-0.39, 0.29) is 17.0 Å². The Morgan fingerprint density at radius 2 is 1.83 bits per heavy atom. The summed E-state index contributed by atoms with van der Waals surface area (Å²) >= 11 is 1.32. The van der Waals surface area contributed by atoms with Crippen molar-refractivity contribution in [2.45, 2.75) is 17.6 Å². The third-order valence-electron chi connectivity index (χ3n) is 4.10. The van der Waals surface area contributed by atoms with Crippen LogP contribution in [0.25, 0.3) is 0 Å². The molecule has 1 aromatic heterocycles. The molecule has 0 saturated carbocycles. The van der Waals surface area contributed by atoms with Crippen molar-refractivity contribution >= 4 is 29.3 Å². The minimum atomic E-state index is -0.677. The van der Waals surface area contributed by atoms with E-state index in [1.54, 1.807) is 0 Å². The molecule has 2 amide bonds. The van der Waals surface area contributed by atoms with E-state index in [1.165, 1.54) is 48.4 Å². The van der Waals surface area contributed by atoms with Gasteiger partial charge in [0.25, 0.3) is 11.6 Å². The van der Waals surface area contributed by atoms with Gasteiger partial charge in [-0.2, -0.15) is 0 Å². The fourth-order valence-electron chi connectivity index (χ4n) is 2.51. The maximum atomic E-state index is 12.2. The van der Waals surface area contributed by atoms with E-state index in [1.807, 2.05) is 31.2 Å². The van der Waals surface area contributed by atoms with Gasteiger partial charge in [0, 0.05) is 17.4 Å². The van der Waals surface area contributed by atoms with Gasteiger partial charge < -0.3 is 4.42 Å². The van der Waals surface area contributed by atoms with Gasteiger partial charge in [0.1, 0.15) is 0 Å². The minimum absolute atomic E-state index is 0.0271. The number of aryl methyl sites for hydroxylation is 1. The summed E-state index contributed by atoms with van der Waals surface area (Å²) in [6, 6.07) is 15.0. The van der Waals surface area contributed by atoms with Crippen LogP contribution in [-0.2, 0) is 5.75 Å². The van der Waals surface area contributed by atoms with E-state index >= 15 is 0 Å². The molecule has 0 fully saturated rings. The van der Waals surface area contributed by atoms with Gasteiger partial charge in [-0.3, -0.25) is 30.6 Å². The van der Waals surface area contributed by atoms with Gasteiger partial charge in [-0.1, -0.05) is 24.3 Å². The van der Waals surface area contributed by atoms with Gasteiger partial charge >= 0.3 is 5.91 Å². The van der Waals surface area contributed by atoms with Gasteiger partial charge in [0.2, 0.25) is 0 Å². The quantitative estimate of drug-likeness (QED) is 0.362. The number of nitro groups is 1. The molecule has 3 rings (SSSR count). The molecule has 2 N–H and O–H groups in total. The first-order valence-corrected chi connectivity index (χ1v) is 9.54. The molecule has 2 aromatic carbocycles. The molecule has 0 aliphatic carbocycles. The van der Waals surface area contributed by atoms with Crippen LogP contribution >= 0.6 is 11.8 Å². The zero-order valence-corrected chi connectivity index (χ0v) is 16.2. The number of nitrogens with zero attached hydrogens (tertiary/aromatic N) is 1. The fraction of sp³-hybridized carbons (Fsp3) is 0.100. The lowest BCUT2D eigenvalue weighted by molar-refractivity contribution is -0.387. The summed E-state index contributed by atoms with van der Waals surface area (Å²) in [6.07, 6.45) is 1.33. The van der Waals surface area contributed by atoms with Crippen molar-refractivity contribution in [1.29, 1.82) is 0 Å². The number of amides is 2. The standard InChI is InChI=1S/C20H17N3O5S/c1-13-5-2-3-6-15(13)12-29-18-9-8-14(11-16(18)23(26)27)19(24)21-22-20(25)17-7-4-10-28-17/h2-11H,12H2,1H3,(H,21,24)(H,22,25). The molecular weight excluding hydrogens is 394 g/mol. The lowest BCUT2D eigenvalue weighted by Gasteiger charge is -2.09. The topological polar surface area (TPSA) is 114 Å². The van der Waals surface area contributed by atoms with E-state index in [2.05, 4.69) is 10.9 Å². The first-order valence-electron chi connectivity index (χ1n) is 8.55. The van der Waals surface area contributed by atoms with E-state index in [0.717, 1.165) is 11.1 Å². The summed E-state index contributed by atoms with van der Waals surface area (Å²) in [5, 5.41) is 11.5. The normalized spacial score (nSPS) is 10.4. The molecule has 0 bridgehead atoms. The van der Waals surface area contributed by atoms with Crippen LogP contribution in [0.3, 0.4) is 0 Å². The number of rotatable bonds is 6. The van der Waals surface area contributed by atoms with Gasteiger partial charge in [0.15, 0.2) is 5.76 Å². The number of hydrogen-bond donors (Lipinski definition) is 2. The number of nitro benzene ring substituents is 1. The van der Waals surface area contributed by atoms with Crippen molar-refractivity contribution < 1.29 is 18.9 Å². The van der Waals surface area contributed by atoms with Gasteiger partial charge in [-0.25, -0.2) is 0 Å². The number of furan rings is 1. The van der Waals surface area contributed by atoms with Crippen LogP contribution in [0.5, 0.6) is 0 Å². The highest BCUT2D eigenvalue weighted by Gasteiger charge is 2.19. The van der Waals surface area contributed by atoms with E-state index in [4.69, 9.17) is 4.42 Å². The van der Waals surface area contributed by atoms with Gasteiger partial charge in [-0.15, -0.1) is 11.8 Å². The maximum Gasteiger partial charge on any atom is 0.305 e. The van der Waals surface area contributed by atoms with E-state index < -0.39 is 16.7 Å². The highest BCUT2D eigenvalue weighted by Crippen LogP contribution is 2.33. The second-order valence-corrected chi connectivity index (χ2v) is 7.06. The number of hydrogen-bond acceptors (Lipinski definition) is 6. The Balaban J connectivity index is 1.70. The second kappa shape index (κ2) is 9.07. The van der Waals surface area contributed by atoms with Crippen LogP contribution in [-0.4, -0.2) is 16.7 Å². The average molecular weight is 411 g/mol. The number of nitrogens with one attached hydrogen (secondary N) is 2. The van der Waals surface area contributed by atoms with Crippen molar-refractivity contribution in [3.8, 4) is 0 Å². The Hall–Kier alpha value is -3.59. The highest BCUT2D eigenvalue weighted by atomic mass is 32.2. The molecule has 3 aromatic rings. The van der Waals surface area contributed by atoms with Gasteiger partial charge in [-0.05, 0) is 42.3 Å². The molecule has 9 heteroatoms. The Labute approximate surface area is 170 Å². The number of carbonyl (C=O) groups excluding carboxylic acids is 2. The molecule has 0 radical (unpaired) electrons. The zero-order chi connectivity index (χ0) is 20.8. The Morgan fingerprint density at radius 1 is 1.07 bits per heavy atom. The molecule has 0 saturated heterocycles. The first kappa shape index (κ1) is 20.2. The molecule has 1 heterocycles. The summed E-state index contributed by atoms with van der Waals surface area (Å²) in [5.41, 5.74) is 6.46.